The van der Waals surface area contributed by atoms with Crippen LogP contribution in [0.1, 0.15) is 16.8 Å². The van der Waals surface area contributed by atoms with Crippen LogP contribution in [0.25, 0.3) is 0 Å². The summed E-state index contributed by atoms with van der Waals surface area (Å²) in [7, 11) is -2.23. The van der Waals surface area contributed by atoms with Gasteiger partial charge in [0.2, 0.25) is 0 Å². The minimum absolute atomic E-state index is 0.150. The highest BCUT2D eigenvalue weighted by Gasteiger charge is 2.21. The molecule has 1 amide bonds. The molecule has 7 nitrogen and oxygen atoms in total. The number of hydrogen-bond donors (Lipinski definition) is 1. The van der Waals surface area contributed by atoms with Gasteiger partial charge in [0.15, 0.2) is 0 Å². The van der Waals surface area contributed by atoms with Gasteiger partial charge in [-0.2, -0.15) is 0 Å². The van der Waals surface area contributed by atoms with Gasteiger partial charge in [-0.3, -0.25) is 14.0 Å². The lowest BCUT2D eigenvalue weighted by Crippen LogP contribution is -2.38. The molecule has 0 aromatic heterocycles. The van der Waals surface area contributed by atoms with Gasteiger partial charge < -0.3 is 10.1 Å². The van der Waals surface area contributed by atoms with E-state index in [-0.39, 0.29) is 10.8 Å². The van der Waals surface area contributed by atoms with E-state index in [9.17, 15) is 13.2 Å². The van der Waals surface area contributed by atoms with Crippen molar-refractivity contribution >= 4 is 33.2 Å². The molecule has 1 saturated heterocycles. The van der Waals surface area contributed by atoms with Crippen LogP contribution in [0.2, 0.25) is 5.02 Å². The smallest absolute Gasteiger partial charge is 0.264 e. The minimum Gasteiger partial charge on any atom is -0.379 e. The minimum atomic E-state index is -3.71. The van der Waals surface area contributed by atoms with Crippen molar-refractivity contribution in [2.45, 2.75) is 11.3 Å². The van der Waals surface area contributed by atoms with Crippen molar-refractivity contribution in [1.82, 2.24) is 10.2 Å². The molecule has 0 unspecified atom stereocenters. The molecule has 0 radical (unpaired) electrons. The molecule has 1 N–H and O–H groups in total. The largest absolute Gasteiger partial charge is 0.379 e. The van der Waals surface area contributed by atoms with Crippen LogP contribution < -0.4 is 9.62 Å². The summed E-state index contributed by atoms with van der Waals surface area (Å²) in [6, 6.07) is 12.5. The Morgan fingerprint density at radius 1 is 1.10 bits per heavy atom. The second kappa shape index (κ2) is 10.3. The molecule has 0 atom stereocenters. The number of ether oxygens (including phenoxy) is 1. The molecule has 1 fully saturated rings. The van der Waals surface area contributed by atoms with Crippen LogP contribution in [0.4, 0.5) is 5.69 Å². The molecule has 162 valence electrons. The number of benzene rings is 2. The average Bonchev–Trinajstić information content (AvgIpc) is 2.77. The maximum absolute atomic E-state index is 12.8. The van der Waals surface area contributed by atoms with Gasteiger partial charge in [0.1, 0.15) is 0 Å². The van der Waals surface area contributed by atoms with Crippen molar-refractivity contribution in [3.63, 3.8) is 0 Å². The molecule has 1 heterocycles. The van der Waals surface area contributed by atoms with Gasteiger partial charge in [-0.1, -0.05) is 11.6 Å². The third-order valence-corrected chi connectivity index (χ3v) is 7.06. The Morgan fingerprint density at radius 2 is 1.73 bits per heavy atom. The lowest BCUT2D eigenvalue weighted by molar-refractivity contribution is 0.0374. The quantitative estimate of drug-likeness (QED) is 0.624. The fraction of sp³-hybridized carbons (Fsp3) is 0.381. The van der Waals surface area contributed by atoms with Gasteiger partial charge in [0.25, 0.3) is 15.9 Å². The van der Waals surface area contributed by atoms with E-state index >= 15 is 0 Å². The van der Waals surface area contributed by atoms with Gasteiger partial charge >= 0.3 is 0 Å². The first-order valence-electron chi connectivity index (χ1n) is 9.81. The van der Waals surface area contributed by atoms with Crippen molar-refractivity contribution in [2.75, 3.05) is 50.7 Å². The summed E-state index contributed by atoms with van der Waals surface area (Å²) in [6.07, 6.45) is 0.867. The number of hydrogen-bond acceptors (Lipinski definition) is 5. The molecule has 2 aromatic rings. The number of morpholine rings is 1. The maximum atomic E-state index is 12.8. The Balaban J connectivity index is 1.54. The van der Waals surface area contributed by atoms with Crippen molar-refractivity contribution in [3.8, 4) is 0 Å². The van der Waals surface area contributed by atoms with Crippen LogP contribution in [0.3, 0.4) is 0 Å². The van der Waals surface area contributed by atoms with E-state index in [4.69, 9.17) is 16.3 Å². The number of nitrogens with zero attached hydrogens (tertiary/aromatic N) is 2. The maximum Gasteiger partial charge on any atom is 0.264 e. The number of rotatable bonds is 8. The van der Waals surface area contributed by atoms with E-state index in [0.29, 0.717) is 22.8 Å². The number of carbonyl (C=O) groups excluding carboxylic acids is 1. The van der Waals surface area contributed by atoms with E-state index in [1.807, 2.05) is 0 Å². The molecule has 1 aliphatic rings. The monoisotopic (exact) mass is 451 g/mol. The van der Waals surface area contributed by atoms with E-state index in [0.717, 1.165) is 39.3 Å². The second-order valence-electron chi connectivity index (χ2n) is 7.04. The predicted molar refractivity (Wildman–Crippen MR) is 118 cm³/mol. The van der Waals surface area contributed by atoms with Crippen molar-refractivity contribution in [2.24, 2.45) is 0 Å². The summed E-state index contributed by atoms with van der Waals surface area (Å²) in [5.74, 6) is -0.174. The van der Waals surface area contributed by atoms with Gasteiger partial charge in [0.05, 0.1) is 23.8 Å². The summed E-state index contributed by atoms with van der Waals surface area (Å²) in [6.45, 7) is 4.91. The highest BCUT2D eigenvalue weighted by Crippen LogP contribution is 2.23. The first-order chi connectivity index (χ1) is 14.4. The number of anilines is 1. The lowest BCUT2D eigenvalue weighted by atomic mass is 10.2. The first-order valence-corrected chi connectivity index (χ1v) is 11.6. The average molecular weight is 452 g/mol. The molecule has 1 aliphatic heterocycles. The first kappa shape index (κ1) is 22.6. The number of nitrogens with one attached hydrogen (secondary N) is 1. The zero-order valence-electron chi connectivity index (χ0n) is 16.9. The second-order valence-corrected chi connectivity index (χ2v) is 9.44. The molecular weight excluding hydrogens is 426 g/mol. The summed E-state index contributed by atoms with van der Waals surface area (Å²) in [5.41, 5.74) is 0.955. The topological polar surface area (TPSA) is 79.0 Å². The zero-order chi connectivity index (χ0) is 21.6. The molecule has 3 rings (SSSR count). The number of carbonyl (C=O) groups is 1. The summed E-state index contributed by atoms with van der Waals surface area (Å²) in [5, 5.41) is 3.38. The highest BCUT2D eigenvalue weighted by molar-refractivity contribution is 7.92. The SMILES string of the molecule is CN(c1ccc(C(=O)NCCCN2CCOCC2)cc1)S(=O)(=O)c1ccc(Cl)cc1. The number of halogens is 1. The molecule has 9 heteroatoms. The standard InChI is InChI=1S/C21H26ClN3O4S/c1-24(30(27,28)20-9-5-18(22)6-10-20)19-7-3-17(4-8-19)21(26)23-11-2-12-25-13-15-29-16-14-25/h3-10H,2,11-16H2,1H3,(H,23,26). The molecule has 0 saturated carbocycles. The molecule has 0 bridgehead atoms. The van der Waals surface area contributed by atoms with Gasteiger partial charge in [0, 0.05) is 37.3 Å². The number of sulfonamides is 1. The van der Waals surface area contributed by atoms with Crippen molar-refractivity contribution < 1.29 is 17.9 Å². The Labute approximate surface area is 182 Å². The molecular formula is C21H26ClN3O4S. The summed E-state index contributed by atoms with van der Waals surface area (Å²) >= 11 is 5.84. The normalized spacial score (nSPS) is 15.0. The Hall–Kier alpha value is -2.13. The van der Waals surface area contributed by atoms with Crippen molar-refractivity contribution in [3.05, 3.63) is 59.1 Å². The van der Waals surface area contributed by atoms with Gasteiger partial charge in [-0.15, -0.1) is 0 Å². The van der Waals surface area contributed by atoms with Crippen LogP contribution in [-0.4, -0.2) is 65.7 Å². The number of amides is 1. The van der Waals surface area contributed by atoms with E-state index < -0.39 is 10.0 Å². The Morgan fingerprint density at radius 3 is 2.37 bits per heavy atom. The van der Waals surface area contributed by atoms with Gasteiger partial charge in [-0.25, -0.2) is 8.42 Å². The molecule has 30 heavy (non-hydrogen) atoms. The molecule has 0 spiro atoms. The third kappa shape index (κ3) is 5.72. The van der Waals surface area contributed by atoms with Crippen LogP contribution in [0.15, 0.2) is 53.4 Å². The van der Waals surface area contributed by atoms with Gasteiger partial charge in [-0.05, 0) is 61.5 Å². The van der Waals surface area contributed by atoms with Crippen LogP contribution in [-0.2, 0) is 14.8 Å². The fourth-order valence-corrected chi connectivity index (χ4v) is 4.48. The fourth-order valence-electron chi connectivity index (χ4n) is 3.16. The van der Waals surface area contributed by atoms with Crippen molar-refractivity contribution in [1.29, 1.82) is 0 Å². The summed E-state index contributed by atoms with van der Waals surface area (Å²) in [4.78, 5) is 14.8. The van der Waals surface area contributed by atoms with E-state index in [2.05, 4.69) is 10.2 Å². The Bertz CT molecular complexity index is 943. The highest BCUT2D eigenvalue weighted by atomic mass is 35.5. The summed E-state index contributed by atoms with van der Waals surface area (Å²) < 4.78 is 32.0. The molecule has 0 aliphatic carbocycles. The lowest BCUT2D eigenvalue weighted by Gasteiger charge is -2.26. The van der Waals surface area contributed by atoms with E-state index in [1.54, 1.807) is 24.3 Å². The Kier molecular flexibility index (Phi) is 7.71. The predicted octanol–water partition coefficient (Wildman–Crippen LogP) is 2.62. The van der Waals surface area contributed by atoms with E-state index in [1.165, 1.54) is 35.6 Å². The zero-order valence-corrected chi connectivity index (χ0v) is 18.5. The van der Waals surface area contributed by atoms with Crippen LogP contribution in [0.5, 0.6) is 0 Å². The van der Waals surface area contributed by atoms with Crippen LogP contribution >= 0.6 is 11.6 Å². The molecule has 2 aromatic carbocycles. The van der Waals surface area contributed by atoms with Crippen LogP contribution in [0, 0.1) is 0 Å². The third-order valence-electron chi connectivity index (χ3n) is 5.01.